The quantitative estimate of drug-likeness (QED) is 0.801. The van der Waals surface area contributed by atoms with Crippen LogP contribution in [0.4, 0.5) is 0 Å². The van der Waals surface area contributed by atoms with Crippen LogP contribution in [0.3, 0.4) is 0 Å². The van der Waals surface area contributed by atoms with Crippen molar-refractivity contribution in [2.24, 2.45) is 7.05 Å². The summed E-state index contributed by atoms with van der Waals surface area (Å²) in [5, 5.41) is 4.93. The van der Waals surface area contributed by atoms with Crippen LogP contribution < -0.4 is 0 Å². The van der Waals surface area contributed by atoms with E-state index in [1.807, 2.05) is 12.1 Å². The number of hydrogen-bond acceptors (Lipinski definition) is 3. The lowest BCUT2D eigenvalue weighted by Crippen LogP contribution is -2.04. The van der Waals surface area contributed by atoms with Crippen LogP contribution in [0.5, 0.6) is 0 Å². The summed E-state index contributed by atoms with van der Waals surface area (Å²) < 4.78 is 6.60. The largest absolute Gasteiger partial charge is 0.462 e. The van der Waals surface area contributed by atoms with E-state index in [2.05, 4.69) is 5.10 Å². The molecule has 0 radical (unpaired) electrons. The van der Waals surface area contributed by atoms with Crippen molar-refractivity contribution in [3.8, 4) is 11.3 Å². The topological polar surface area (TPSA) is 44.1 Å². The Kier molecular flexibility index (Phi) is 3.67. The van der Waals surface area contributed by atoms with Crippen molar-refractivity contribution >= 4 is 17.6 Å². The number of nitrogens with zero attached hydrogens (tertiary/aromatic N) is 2. The fraction of sp³-hybridized carbons (Fsp3) is 0.231. The van der Waals surface area contributed by atoms with Crippen LogP contribution in [0, 0.1) is 0 Å². The van der Waals surface area contributed by atoms with Crippen LogP contribution in [-0.2, 0) is 11.8 Å². The van der Waals surface area contributed by atoms with Crippen LogP contribution in [0.1, 0.15) is 17.3 Å². The lowest BCUT2D eigenvalue weighted by atomic mass is 10.1. The van der Waals surface area contributed by atoms with Crippen molar-refractivity contribution < 1.29 is 9.53 Å². The Bertz CT molecular complexity index is 561. The molecule has 94 valence electrons. The van der Waals surface area contributed by atoms with E-state index >= 15 is 0 Å². The summed E-state index contributed by atoms with van der Waals surface area (Å²) in [5.74, 6) is -0.365. The number of hydrogen-bond donors (Lipinski definition) is 0. The summed E-state index contributed by atoms with van der Waals surface area (Å²) in [4.78, 5) is 11.8. The summed E-state index contributed by atoms with van der Waals surface area (Å²) in [6.45, 7) is 2.12. The molecule has 0 amide bonds. The fourth-order valence-corrected chi connectivity index (χ4v) is 1.79. The van der Waals surface area contributed by atoms with Crippen LogP contribution in [0.25, 0.3) is 11.3 Å². The molecule has 2 aromatic rings. The molecule has 1 aromatic carbocycles. The maximum atomic E-state index is 11.8. The van der Waals surface area contributed by atoms with E-state index in [9.17, 15) is 4.79 Å². The third-order valence-electron chi connectivity index (χ3n) is 2.44. The minimum atomic E-state index is -0.365. The first-order chi connectivity index (χ1) is 8.61. The fourth-order valence-electron chi connectivity index (χ4n) is 1.67. The SMILES string of the molecule is CCOC(=O)c1cn(C)nc1-c1ccc(Cl)cc1. The maximum absolute atomic E-state index is 11.8. The summed E-state index contributed by atoms with van der Waals surface area (Å²) in [7, 11) is 1.77. The van der Waals surface area contributed by atoms with Gasteiger partial charge in [-0.3, -0.25) is 4.68 Å². The predicted molar refractivity (Wildman–Crippen MR) is 69.6 cm³/mol. The van der Waals surface area contributed by atoms with Crippen molar-refractivity contribution in [3.05, 3.63) is 41.0 Å². The van der Waals surface area contributed by atoms with Crippen molar-refractivity contribution in [1.82, 2.24) is 9.78 Å². The maximum Gasteiger partial charge on any atom is 0.341 e. The zero-order valence-corrected chi connectivity index (χ0v) is 10.9. The third-order valence-corrected chi connectivity index (χ3v) is 2.69. The first-order valence-corrected chi connectivity index (χ1v) is 5.96. The molecule has 0 bridgehead atoms. The van der Waals surface area contributed by atoms with Gasteiger partial charge in [-0.2, -0.15) is 5.10 Å². The molecule has 0 fully saturated rings. The first-order valence-electron chi connectivity index (χ1n) is 5.58. The van der Waals surface area contributed by atoms with Crippen molar-refractivity contribution in [1.29, 1.82) is 0 Å². The standard InChI is InChI=1S/C13H13ClN2O2/c1-3-18-13(17)11-8-16(2)15-12(11)9-4-6-10(14)7-5-9/h4-8H,3H2,1-2H3. The van der Waals surface area contributed by atoms with Crippen molar-refractivity contribution in [2.75, 3.05) is 6.61 Å². The molecule has 0 N–H and O–H groups in total. The molecule has 0 aliphatic rings. The molecule has 1 heterocycles. The van der Waals surface area contributed by atoms with E-state index in [1.165, 1.54) is 0 Å². The Balaban J connectivity index is 2.44. The molecule has 1 aromatic heterocycles. The minimum absolute atomic E-state index is 0.341. The second-order valence-corrected chi connectivity index (χ2v) is 4.23. The number of carbonyl (C=O) groups is 1. The lowest BCUT2D eigenvalue weighted by molar-refractivity contribution is 0.0527. The highest BCUT2D eigenvalue weighted by Gasteiger charge is 2.17. The van der Waals surface area contributed by atoms with Crippen LogP contribution in [0.15, 0.2) is 30.5 Å². The normalized spacial score (nSPS) is 10.4. The average molecular weight is 265 g/mol. The number of esters is 1. The van der Waals surface area contributed by atoms with E-state index in [4.69, 9.17) is 16.3 Å². The molecule has 18 heavy (non-hydrogen) atoms. The monoisotopic (exact) mass is 264 g/mol. The molecular weight excluding hydrogens is 252 g/mol. The molecule has 0 spiro atoms. The Hall–Kier alpha value is -1.81. The molecular formula is C13H13ClN2O2. The Labute approximate surface area is 110 Å². The van der Waals surface area contributed by atoms with Crippen molar-refractivity contribution in [3.63, 3.8) is 0 Å². The number of aromatic nitrogens is 2. The second kappa shape index (κ2) is 5.23. The van der Waals surface area contributed by atoms with Crippen molar-refractivity contribution in [2.45, 2.75) is 6.92 Å². The molecule has 5 heteroatoms. The van der Waals surface area contributed by atoms with Gasteiger partial charge in [-0.15, -0.1) is 0 Å². The number of halogens is 1. The zero-order valence-electron chi connectivity index (χ0n) is 10.2. The highest BCUT2D eigenvalue weighted by Crippen LogP contribution is 2.24. The Morgan fingerprint density at radius 3 is 2.67 bits per heavy atom. The first kappa shape index (κ1) is 12.6. The highest BCUT2D eigenvalue weighted by molar-refractivity contribution is 6.30. The minimum Gasteiger partial charge on any atom is -0.462 e. The highest BCUT2D eigenvalue weighted by atomic mass is 35.5. The van der Waals surface area contributed by atoms with Gasteiger partial charge in [0.05, 0.1) is 6.61 Å². The van der Waals surface area contributed by atoms with Gasteiger partial charge in [0.2, 0.25) is 0 Å². The number of ether oxygens (including phenoxy) is 1. The molecule has 2 rings (SSSR count). The average Bonchev–Trinajstić information content (AvgIpc) is 2.73. The molecule has 0 aliphatic heterocycles. The van der Waals surface area contributed by atoms with Gasteiger partial charge in [-0.05, 0) is 19.1 Å². The second-order valence-electron chi connectivity index (χ2n) is 3.79. The lowest BCUT2D eigenvalue weighted by Gasteiger charge is -2.02. The van der Waals surface area contributed by atoms with E-state index in [0.717, 1.165) is 5.56 Å². The molecule has 0 saturated heterocycles. The number of benzene rings is 1. The molecule has 0 saturated carbocycles. The summed E-state index contributed by atoms with van der Waals surface area (Å²) in [6, 6.07) is 7.18. The third kappa shape index (κ3) is 2.54. The predicted octanol–water partition coefficient (Wildman–Crippen LogP) is 2.92. The van der Waals surface area contributed by atoms with Gasteiger partial charge in [0.1, 0.15) is 11.3 Å². The van der Waals surface area contributed by atoms with Crippen LogP contribution in [0.2, 0.25) is 5.02 Å². The summed E-state index contributed by atoms with van der Waals surface area (Å²) in [5.41, 5.74) is 1.90. The summed E-state index contributed by atoms with van der Waals surface area (Å²) >= 11 is 5.84. The van der Waals surface area contributed by atoms with Crippen LogP contribution >= 0.6 is 11.6 Å². The Morgan fingerprint density at radius 2 is 2.06 bits per heavy atom. The molecule has 4 nitrogen and oxygen atoms in total. The van der Waals surface area contributed by atoms with E-state index < -0.39 is 0 Å². The van der Waals surface area contributed by atoms with Gasteiger partial charge >= 0.3 is 5.97 Å². The van der Waals surface area contributed by atoms with Gasteiger partial charge in [-0.1, -0.05) is 23.7 Å². The van der Waals surface area contributed by atoms with E-state index in [0.29, 0.717) is 22.9 Å². The van der Waals surface area contributed by atoms with Gasteiger partial charge in [-0.25, -0.2) is 4.79 Å². The van der Waals surface area contributed by atoms with Crippen LogP contribution in [-0.4, -0.2) is 22.4 Å². The number of aryl methyl sites for hydroxylation is 1. The van der Waals surface area contributed by atoms with E-state index in [1.54, 1.807) is 37.0 Å². The van der Waals surface area contributed by atoms with Gasteiger partial charge in [0.25, 0.3) is 0 Å². The zero-order chi connectivity index (χ0) is 13.1. The summed E-state index contributed by atoms with van der Waals surface area (Å²) in [6.07, 6.45) is 1.65. The Morgan fingerprint density at radius 1 is 1.39 bits per heavy atom. The molecule has 0 aliphatic carbocycles. The van der Waals surface area contributed by atoms with E-state index in [-0.39, 0.29) is 5.97 Å². The van der Waals surface area contributed by atoms with Gasteiger partial charge in [0, 0.05) is 23.8 Å². The smallest absolute Gasteiger partial charge is 0.341 e. The van der Waals surface area contributed by atoms with Gasteiger partial charge in [0.15, 0.2) is 0 Å². The number of rotatable bonds is 3. The van der Waals surface area contributed by atoms with Gasteiger partial charge < -0.3 is 4.74 Å². The number of carbonyl (C=O) groups excluding carboxylic acids is 1. The molecule has 0 atom stereocenters. The molecule has 0 unspecified atom stereocenters.